The molecule has 1 aromatic rings. The molecular weight excluding hydrogens is 340 g/mol. The summed E-state index contributed by atoms with van der Waals surface area (Å²) in [4.78, 5) is 26.1. The molecule has 1 saturated heterocycles. The highest BCUT2D eigenvalue weighted by atomic mass is 16.5. The zero-order valence-electron chi connectivity index (χ0n) is 17.0. The minimum absolute atomic E-state index is 0.151. The van der Waals surface area contributed by atoms with Gasteiger partial charge in [0.15, 0.2) is 0 Å². The molecule has 2 aliphatic rings. The Labute approximate surface area is 162 Å². The topological polar surface area (TPSA) is 58.6 Å². The summed E-state index contributed by atoms with van der Waals surface area (Å²) >= 11 is 0. The molecule has 1 atom stereocenters. The predicted molar refractivity (Wildman–Crippen MR) is 106 cm³/mol. The quantitative estimate of drug-likeness (QED) is 0.827. The van der Waals surface area contributed by atoms with Gasteiger partial charge in [0.05, 0.1) is 13.0 Å². The number of rotatable bonds is 6. The Morgan fingerprint density at radius 3 is 2.56 bits per heavy atom. The summed E-state index contributed by atoms with van der Waals surface area (Å²) in [6.45, 7) is 8.48. The van der Waals surface area contributed by atoms with Crippen LogP contribution in [0.5, 0.6) is 0 Å². The van der Waals surface area contributed by atoms with E-state index >= 15 is 0 Å². The van der Waals surface area contributed by atoms with Gasteiger partial charge < -0.3 is 15.0 Å². The highest BCUT2D eigenvalue weighted by Crippen LogP contribution is 2.56. The largest absolute Gasteiger partial charge is 0.453 e. The number of alkyl carbamates (subject to hydrolysis) is 1. The molecule has 0 radical (unpaired) electrons. The molecule has 0 unspecified atom stereocenters. The van der Waals surface area contributed by atoms with Crippen molar-refractivity contribution >= 4 is 12.0 Å². The standard InChI is InChI=1S/C22H32N2O3/c1-5-6-18(12-23-21(26)27-4)20(25)24-13-22(14-24)10-19(11-22)17-8-7-15(2)16(3)9-17/h7-9,18-19H,5-6,10-14H2,1-4H3,(H,23,26)/t18-/m1/s1. The van der Waals surface area contributed by atoms with Crippen LogP contribution in [0.4, 0.5) is 4.79 Å². The monoisotopic (exact) mass is 372 g/mol. The maximum absolute atomic E-state index is 12.8. The van der Waals surface area contributed by atoms with Crippen molar-refractivity contribution < 1.29 is 14.3 Å². The molecule has 148 valence electrons. The molecule has 2 fully saturated rings. The molecule has 1 spiro atoms. The number of benzene rings is 1. The van der Waals surface area contributed by atoms with Crippen LogP contribution in [0.15, 0.2) is 18.2 Å². The fourth-order valence-electron chi connectivity index (χ4n) is 4.62. The summed E-state index contributed by atoms with van der Waals surface area (Å²) < 4.78 is 4.61. The van der Waals surface area contributed by atoms with Crippen LogP contribution < -0.4 is 5.32 Å². The Kier molecular flexibility index (Phi) is 5.78. The number of methoxy groups -OCH3 is 1. The number of nitrogens with zero attached hydrogens (tertiary/aromatic N) is 1. The molecule has 0 bridgehead atoms. The molecular formula is C22H32N2O3. The molecule has 1 heterocycles. The van der Waals surface area contributed by atoms with Crippen LogP contribution in [-0.4, -0.2) is 43.6 Å². The third-order valence-electron chi connectivity index (χ3n) is 6.39. The zero-order valence-corrected chi connectivity index (χ0v) is 17.0. The van der Waals surface area contributed by atoms with E-state index in [1.165, 1.54) is 36.6 Å². The summed E-state index contributed by atoms with van der Waals surface area (Å²) in [5, 5.41) is 2.68. The molecule has 0 aromatic heterocycles. The van der Waals surface area contributed by atoms with Crippen molar-refractivity contribution in [3.05, 3.63) is 34.9 Å². The first-order valence-corrected chi connectivity index (χ1v) is 10.0. The second-order valence-electron chi connectivity index (χ2n) is 8.50. The fraction of sp³-hybridized carbons (Fsp3) is 0.636. The number of nitrogens with one attached hydrogen (secondary N) is 1. The van der Waals surface area contributed by atoms with Gasteiger partial charge in [0.25, 0.3) is 0 Å². The second kappa shape index (κ2) is 7.91. The number of carbonyl (C=O) groups excluding carboxylic acids is 2. The normalized spacial score (nSPS) is 19.2. The van der Waals surface area contributed by atoms with Crippen molar-refractivity contribution in [2.24, 2.45) is 11.3 Å². The third kappa shape index (κ3) is 4.12. The number of amides is 2. The second-order valence-corrected chi connectivity index (χ2v) is 8.50. The number of ether oxygens (including phenoxy) is 1. The summed E-state index contributed by atoms with van der Waals surface area (Å²) in [7, 11) is 1.34. The van der Waals surface area contributed by atoms with E-state index in [1.807, 2.05) is 4.90 Å². The third-order valence-corrected chi connectivity index (χ3v) is 6.39. The van der Waals surface area contributed by atoms with E-state index in [0.29, 0.717) is 17.9 Å². The van der Waals surface area contributed by atoms with Crippen molar-refractivity contribution in [3.8, 4) is 0 Å². The summed E-state index contributed by atoms with van der Waals surface area (Å²) in [6, 6.07) is 6.80. The van der Waals surface area contributed by atoms with Crippen LogP contribution in [0.25, 0.3) is 0 Å². The van der Waals surface area contributed by atoms with Crippen LogP contribution in [-0.2, 0) is 9.53 Å². The van der Waals surface area contributed by atoms with Crippen molar-refractivity contribution in [2.45, 2.75) is 52.4 Å². The first-order chi connectivity index (χ1) is 12.9. The Hall–Kier alpha value is -2.04. The van der Waals surface area contributed by atoms with Gasteiger partial charge in [-0.3, -0.25) is 4.79 Å². The molecule has 5 nitrogen and oxygen atoms in total. The summed E-state index contributed by atoms with van der Waals surface area (Å²) in [5.41, 5.74) is 4.47. The minimum atomic E-state index is -0.473. The number of hydrogen-bond acceptors (Lipinski definition) is 3. The smallest absolute Gasteiger partial charge is 0.406 e. The van der Waals surface area contributed by atoms with Gasteiger partial charge in [-0.1, -0.05) is 31.5 Å². The van der Waals surface area contributed by atoms with Gasteiger partial charge in [0, 0.05) is 25.0 Å². The van der Waals surface area contributed by atoms with E-state index in [0.717, 1.165) is 25.9 Å². The van der Waals surface area contributed by atoms with Crippen LogP contribution in [0.1, 0.15) is 55.2 Å². The molecule has 5 heteroatoms. The van der Waals surface area contributed by atoms with Crippen molar-refractivity contribution in [3.63, 3.8) is 0 Å². The van der Waals surface area contributed by atoms with Crippen molar-refractivity contribution in [1.82, 2.24) is 10.2 Å². The molecule has 1 aromatic carbocycles. The lowest BCUT2D eigenvalue weighted by Crippen LogP contribution is -2.64. The zero-order chi connectivity index (χ0) is 19.6. The fourth-order valence-corrected chi connectivity index (χ4v) is 4.62. The van der Waals surface area contributed by atoms with Crippen LogP contribution >= 0.6 is 0 Å². The first-order valence-electron chi connectivity index (χ1n) is 10.0. The molecule has 1 N–H and O–H groups in total. The lowest BCUT2D eigenvalue weighted by atomic mass is 9.56. The van der Waals surface area contributed by atoms with E-state index < -0.39 is 6.09 Å². The molecule has 1 aliphatic heterocycles. The van der Waals surface area contributed by atoms with Gasteiger partial charge in [-0.05, 0) is 55.7 Å². The number of likely N-dealkylation sites (tertiary alicyclic amines) is 1. The minimum Gasteiger partial charge on any atom is -0.453 e. The lowest BCUT2D eigenvalue weighted by molar-refractivity contribution is -0.156. The first kappa shape index (κ1) is 19.7. The van der Waals surface area contributed by atoms with Crippen LogP contribution in [0, 0.1) is 25.2 Å². The molecule has 2 amide bonds. The molecule has 1 saturated carbocycles. The van der Waals surface area contributed by atoms with Crippen molar-refractivity contribution in [1.29, 1.82) is 0 Å². The van der Waals surface area contributed by atoms with Gasteiger partial charge in [-0.2, -0.15) is 0 Å². The maximum atomic E-state index is 12.8. The Balaban J connectivity index is 1.50. The maximum Gasteiger partial charge on any atom is 0.406 e. The highest BCUT2D eigenvalue weighted by Gasteiger charge is 2.54. The van der Waals surface area contributed by atoms with E-state index in [2.05, 4.69) is 49.0 Å². The van der Waals surface area contributed by atoms with Gasteiger partial charge in [0.2, 0.25) is 5.91 Å². The average Bonchev–Trinajstić information content (AvgIpc) is 2.58. The highest BCUT2D eigenvalue weighted by molar-refractivity contribution is 5.81. The van der Waals surface area contributed by atoms with Gasteiger partial charge >= 0.3 is 6.09 Å². The summed E-state index contributed by atoms with van der Waals surface area (Å²) in [5.74, 6) is 0.657. The van der Waals surface area contributed by atoms with Gasteiger partial charge in [-0.15, -0.1) is 0 Å². The summed E-state index contributed by atoms with van der Waals surface area (Å²) in [6.07, 6.45) is 3.60. The van der Waals surface area contributed by atoms with Crippen LogP contribution in [0.3, 0.4) is 0 Å². The van der Waals surface area contributed by atoms with E-state index in [9.17, 15) is 9.59 Å². The predicted octanol–water partition coefficient (Wildman–Crippen LogP) is 3.78. The molecule has 1 aliphatic carbocycles. The lowest BCUT2D eigenvalue weighted by Gasteiger charge is -2.59. The average molecular weight is 373 g/mol. The van der Waals surface area contributed by atoms with Gasteiger partial charge in [-0.25, -0.2) is 4.79 Å². The number of aryl methyl sites for hydroxylation is 2. The van der Waals surface area contributed by atoms with Crippen molar-refractivity contribution in [2.75, 3.05) is 26.7 Å². The van der Waals surface area contributed by atoms with E-state index in [1.54, 1.807) is 0 Å². The number of carbonyl (C=O) groups is 2. The van der Waals surface area contributed by atoms with Crippen LogP contribution in [0.2, 0.25) is 0 Å². The van der Waals surface area contributed by atoms with E-state index in [-0.39, 0.29) is 11.8 Å². The molecule has 3 rings (SSSR count). The Morgan fingerprint density at radius 1 is 1.26 bits per heavy atom. The number of hydrogen-bond donors (Lipinski definition) is 1. The van der Waals surface area contributed by atoms with Gasteiger partial charge in [0.1, 0.15) is 0 Å². The Morgan fingerprint density at radius 2 is 1.96 bits per heavy atom. The SMILES string of the molecule is CCC[C@H](CNC(=O)OC)C(=O)N1CC2(CC(c3ccc(C)c(C)c3)C2)C1. The molecule has 27 heavy (non-hydrogen) atoms. The van der Waals surface area contributed by atoms with E-state index in [4.69, 9.17) is 0 Å². The Bertz CT molecular complexity index is 702.